The Labute approximate surface area is 111 Å². The van der Waals surface area contributed by atoms with Gasteiger partial charge in [-0.05, 0) is 37.5 Å². The van der Waals surface area contributed by atoms with Gasteiger partial charge in [-0.25, -0.2) is 9.48 Å². The van der Waals surface area contributed by atoms with Crippen molar-refractivity contribution in [3.05, 3.63) is 42.2 Å². The van der Waals surface area contributed by atoms with E-state index in [9.17, 15) is 4.79 Å². The summed E-state index contributed by atoms with van der Waals surface area (Å²) in [5.74, 6) is -0.363. The first-order chi connectivity index (χ1) is 9.24. The van der Waals surface area contributed by atoms with Gasteiger partial charge in [0.2, 0.25) is 0 Å². The second kappa shape index (κ2) is 4.76. The average molecular weight is 257 g/mol. The second-order valence-electron chi connectivity index (χ2n) is 4.66. The maximum atomic E-state index is 11.8. The highest BCUT2D eigenvalue weighted by atomic mass is 16.5. The normalized spacial score (nSPS) is 14.9. The number of rotatable bonds is 3. The molecule has 0 aliphatic heterocycles. The summed E-state index contributed by atoms with van der Waals surface area (Å²) in [5.41, 5.74) is 7.56. The van der Waals surface area contributed by atoms with E-state index >= 15 is 0 Å². The number of nitrogens with zero attached hydrogens (tertiary/aromatic N) is 2. The molecule has 1 saturated carbocycles. The number of hydrogen-bond donors (Lipinski definition) is 1. The van der Waals surface area contributed by atoms with Gasteiger partial charge in [0.1, 0.15) is 6.10 Å². The summed E-state index contributed by atoms with van der Waals surface area (Å²) in [6, 6.07) is 9.02. The third kappa shape index (κ3) is 2.31. The summed E-state index contributed by atoms with van der Waals surface area (Å²) in [7, 11) is 0. The molecule has 2 aromatic rings. The van der Waals surface area contributed by atoms with Gasteiger partial charge in [0, 0.05) is 6.20 Å². The SMILES string of the molecule is Nc1ccccc1-n1ccc(C(=O)OC2CCC2)n1. The molecule has 1 aromatic carbocycles. The molecule has 2 N–H and O–H groups in total. The van der Waals surface area contributed by atoms with Crippen molar-refractivity contribution < 1.29 is 9.53 Å². The van der Waals surface area contributed by atoms with Gasteiger partial charge in [0.05, 0.1) is 11.4 Å². The minimum Gasteiger partial charge on any atom is -0.458 e. The summed E-state index contributed by atoms with van der Waals surface area (Å²) in [4.78, 5) is 11.8. The number of carbonyl (C=O) groups is 1. The van der Waals surface area contributed by atoms with Gasteiger partial charge in [-0.1, -0.05) is 12.1 Å². The van der Waals surface area contributed by atoms with E-state index in [2.05, 4.69) is 5.10 Å². The molecule has 1 aromatic heterocycles. The topological polar surface area (TPSA) is 70.1 Å². The van der Waals surface area contributed by atoms with E-state index in [4.69, 9.17) is 10.5 Å². The molecule has 1 aliphatic carbocycles. The smallest absolute Gasteiger partial charge is 0.359 e. The van der Waals surface area contributed by atoms with Crippen LogP contribution in [-0.4, -0.2) is 21.9 Å². The van der Waals surface area contributed by atoms with Crippen LogP contribution in [0.3, 0.4) is 0 Å². The van der Waals surface area contributed by atoms with E-state index in [0.29, 0.717) is 11.4 Å². The number of carbonyl (C=O) groups excluding carboxylic acids is 1. The molecule has 1 heterocycles. The molecule has 1 fully saturated rings. The van der Waals surface area contributed by atoms with Crippen LogP contribution < -0.4 is 5.73 Å². The van der Waals surface area contributed by atoms with E-state index in [-0.39, 0.29) is 12.1 Å². The number of hydrogen-bond acceptors (Lipinski definition) is 4. The van der Waals surface area contributed by atoms with Crippen molar-refractivity contribution in [2.24, 2.45) is 0 Å². The monoisotopic (exact) mass is 257 g/mol. The Kier molecular flexibility index (Phi) is 2.95. The number of aromatic nitrogens is 2. The fourth-order valence-electron chi connectivity index (χ4n) is 1.96. The Balaban J connectivity index is 1.79. The molecule has 0 amide bonds. The Morgan fingerprint density at radius 2 is 2.11 bits per heavy atom. The zero-order chi connectivity index (χ0) is 13.2. The number of esters is 1. The molecule has 98 valence electrons. The standard InChI is InChI=1S/C14H15N3O2/c15-11-6-1-2-7-13(11)17-9-8-12(16-17)14(18)19-10-4-3-5-10/h1-2,6-10H,3-5,15H2. The maximum Gasteiger partial charge on any atom is 0.359 e. The first-order valence-electron chi connectivity index (χ1n) is 6.35. The zero-order valence-electron chi connectivity index (χ0n) is 10.5. The third-order valence-corrected chi connectivity index (χ3v) is 3.31. The summed E-state index contributed by atoms with van der Waals surface area (Å²) in [6.45, 7) is 0. The number of nitrogen functional groups attached to an aromatic ring is 1. The summed E-state index contributed by atoms with van der Waals surface area (Å²) in [5, 5.41) is 4.21. The largest absolute Gasteiger partial charge is 0.458 e. The van der Waals surface area contributed by atoms with E-state index in [0.717, 1.165) is 24.9 Å². The van der Waals surface area contributed by atoms with Gasteiger partial charge in [0.15, 0.2) is 5.69 Å². The van der Waals surface area contributed by atoms with Crippen molar-refractivity contribution in [3.63, 3.8) is 0 Å². The number of para-hydroxylation sites is 2. The van der Waals surface area contributed by atoms with Gasteiger partial charge in [-0.2, -0.15) is 5.10 Å². The molecule has 5 nitrogen and oxygen atoms in total. The van der Waals surface area contributed by atoms with Crippen LogP contribution in [0.15, 0.2) is 36.5 Å². The molecule has 19 heavy (non-hydrogen) atoms. The summed E-state index contributed by atoms with van der Waals surface area (Å²) >= 11 is 0. The van der Waals surface area contributed by atoms with Gasteiger partial charge >= 0.3 is 5.97 Å². The van der Waals surface area contributed by atoms with Crippen LogP contribution >= 0.6 is 0 Å². The van der Waals surface area contributed by atoms with Gasteiger partial charge < -0.3 is 10.5 Å². The van der Waals surface area contributed by atoms with E-state index in [1.807, 2.05) is 18.2 Å². The molecular formula is C14H15N3O2. The molecule has 0 bridgehead atoms. The molecule has 0 spiro atoms. The highest BCUT2D eigenvalue weighted by molar-refractivity contribution is 5.87. The third-order valence-electron chi connectivity index (χ3n) is 3.31. The quantitative estimate of drug-likeness (QED) is 0.675. The van der Waals surface area contributed by atoms with Crippen LogP contribution in [0.4, 0.5) is 5.69 Å². The summed E-state index contributed by atoms with van der Waals surface area (Å²) < 4.78 is 6.90. The van der Waals surface area contributed by atoms with Crippen LogP contribution in [0.1, 0.15) is 29.8 Å². The van der Waals surface area contributed by atoms with Gasteiger partial charge in [-0.3, -0.25) is 0 Å². The molecule has 5 heteroatoms. The second-order valence-corrected chi connectivity index (χ2v) is 4.66. The number of ether oxygens (including phenoxy) is 1. The van der Waals surface area contributed by atoms with Gasteiger partial charge in [0.25, 0.3) is 0 Å². The maximum absolute atomic E-state index is 11.8. The Morgan fingerprint density at radius 3 is 2.79 bits per heavy atom. The average Bonchev–Trinajstić information content (AvgIpc) is 2.83. The van der Waals surface area contributed by atoms with E-state index < -0.39 is 0 Å². The molecule has 0 atom stereocenters. The Morgan fingerprint density at radius 1 is 1.32 bits per heavy atom. The fourth-order valence-corrected chi connectivity index (χ4v) is 1.96. The van der Waals surface area contributed by atoms with Crippen LogP contribution in [0.25, 0.3) is 5.69 Å². The fraction of sp³-hybridized carbons (Fsp3) is 0.286. The highest BCUT2D eigenvalue weighted by Crippen LogP contribution is 2.23. The van der Waals surface area contributed by atoms with Crippen molar-refractivity contribution in [2.45, 2.75) is 25.4 Å². The minimum atomic E-state index is -0.363. The van der Waals surface area contributed by atoms with Crippen LogP contribution in [0.2, 0.25) is 0 Å². The molecule has 1 aliphatic rings. The predicted octanol–water partition coefficient (Wildman–Crippen LogP) is 2.16. The molecule has 0 unspecified atom stereocenters. The minimum absolute atomic E-state index is 0.0689. The number of anilines is 1. The lowest BCUT2D eigenvalue weighted by molar-refractivity contribution is 0.00832. The first-order valence-corrected chi connectivity index (χ1v) is 6.35. The zero-order valence-corrected chi connectivity index (χ0v) is 10.5. The van der Waals surface area contributed by atoms with Crippen molar-refractivity contribution in [3.8, 4) is 5.69 Å². The van der Waals surface area contributed by atoms with Crippen molar-refractivity contribution in [2.75, 3.05) is 5.73 Å². The Hall–Kier alpha value is -2.30. The predicted molar refractivity (Wildman–Crippen MR) is 71.0 cm³/mol. The number of nitrogens with two attached hydrogens (primary N) is 1. The molecule has 3 rings (SSSR count). The number of benzene rings is 1. The molecule has 0 radical (unpaired) electrons. The Bertz CT molecular complexity index is 602. The van der Waals surface area contributed by atoms with E-state index in [1.54, 1.807) is 23.0 Å². The van der Waals surface area contributed by atoms with Gasteiger partial charge in [-0.15, -0.1) is 0 Å². The summed E-state index contributed by atoms with van der Waals surface area (Å²) in [6.07, 6.45) is 4.83. The van der Waals surface area contributed by atoms with E-state index in [1.165, 1.54) is 0 Å². The molecule has 0 saturated heterocycles. The first kappa shape index (κ1) is 11.8. The van der Waals surface area contributed by atoms with Crippen LogP contribution in [0, 0.1) is 0 Å². The lowest BCUT2D eigenvalue weighted by atomic mass is 9.96. The van der Waals surface area contributed by atoms with Crippen molar-refractivity contribution in [1.82, 2.24) is 9.78 Å². The highest BCUT2D eigenvalue weighted by Gasteiger charge is 2.23. The lowest BCUT2D eigenvalue weighted by Crippen LogP contribution is -2.25. The van der Waals surface area contributed by atoms with Crippen molar-refractivity contribution >= 4 is 11.7 Å². The van der Waals surface area contributed by atoms with Crippen LogP contribution in [0.5, 0.6) is 0 Å². The molecular weight excluding hydrogens is 242 g/mol. The lowest BCUT2D eigenvalue weighted by Gasteiger charge is -2.24. The van der Waals surface area contributed by atoms with Crippen molar-refractivity contribution in [1.29, 1.82) is 0 Å². The van der Waals surface area contributed by atoms with Crippen LogP contribution in [-0.2, 0) is 4.74 Å².